The molecule has 1 saturated heterocycles. The summed E-state index contributed by atoms with van der Waals surface area (Å²) in [7, 11) is 0. The molecule has 1 aromatic carbocycles. The number of hydrogen-bond donors (Lipinski definition) is 2. The molecule has 3 rings (SSSR count). The molecular weight excluding hydrogens is 278 g/mol. The van der Waals surface area contributed by atoms with Crippen LogP contribution in [0.5, 0.6) is 11.5 Å². The van der Waals surface area contributed by atoms with Gasteiger partial charge in [0, 0.05) is 6.42 Å². The molecule has 108 valence electrons. The van der Waals surface area contributed by atoms with E-state index in [9.17, 15) is 4.79 Å². The molecule has 2 aliphatic heterocycles. The molecule has 1 fully saturated rings. The molecule has 2 heterocycles. The lowest BCUT2D eigenvalue weighted by molar-refractivity contribution is -0.139. The van der Waals surface area contributed by atoms with Crippen LogP contribution in [0.4, 0.5) is 0 Å². The minimum absolute atomic E-state index is 0.0120. The summed E-state index contributed by atoms with van der Waals surface area (Å²) in [6.45, 7) is 1.32. The highest BCUT2D eigenvalue weighted by Crippen LogP contribution is 2.37. The van der Waals surface area contributed by atoms with Crippen LogP contribution in [-0.4, -0.2) is 36.1 Å². The molecule has 0 bridgehead atoms. The molecular formula is C14H17NO4S. The lowest BCUT2D eigenvalue weighted by Crippen LogP contribution is -2.41. The van der Waals surface area contributed by atoms with E-state index in [1.165, 1.54) is 0 Å². The Balaban J connectivity index is 1.79. The first-order valence-corrected chi connectivity index (χ1v) is 7.79. The van der Waals surface area contributed by atoms with Crippen molar-refractivity contribution in [3.8, 4) is 11.5 Å². The second-order valence-corrected chi connectivity index (χ2v) is 6.07. The smallest absolute Gasteiger partial charge is 0.320 e. The molecule has 2 atom stereocenters. The second kappa shape index (κ2) is 5.93. The number of ether oxygens (including phenoxy) is 2. The van der Waals surface area contributed by atoms with E-state index in [1.54, 1.807) is 11.8 Å². The third kappa shape index (κ3) is 2.86. The van der Waals surface area contributed by atoms with Crippen molar-refractivity contribution in [2.45, 2.75) is 24.3 Å². The summed E-state index contributed by atoms with van der Waals surface area (Å²) >= 11 is 1.72. The molecule has 0 aliphatic carbocycles. The van der Waals surface area contributed by atoms with E-state index in [-0.39, 0.29) is 5.37 Å². The maximum absolute atomic E-state index is 11.1. The predicted molar refractivity (Wildman–Crippen MR) is 76.4 cm³/mol. The van der Waals surface area contributed by atoms with Gasteiger partial charge in [0.2, 0.25) is 0 Å². The number of nitrogens with one attached hydrogen (secondary N) is 1. The molecule has 2 unspecified atom stereocenters. The summed E-state index contributed by atoms with van der Waals surface area (Å²) in [5.74, 6) is 1.56. The van der Waals surface area contributed by atoms with Gasteiger partial charge in [-0.1, -0.05) is 6.07 Å². The van der Waals surface area contributed by atoms with Crippen molar-refractivity contribution < 1.29 is 19.4 Å². The molecule has 5 nitrogen and oxygen atoms in total. The molecule has 6 heteroatoms. The monoisotopic (exact) mass is 295 g/mol. The van der Waals surface area contributed by atoms with Crippen molar-refractivity contribution in [1.29, 1.82) is 0 Å². The summed E-state index contributed by atoms with van der Waals surface area (Å²) in [5, 5.41) is 12.3. The molecule has 0 saturated carbocycles. The van der Waals surface area contributed by atoms with Gasteiger partial charge >= 0.3 is 5.97 Å². The first-order valence-electron chi connectivity index (χ1n) is 6.74. The first-order chi connectivity index (χ1) is 9.74. The Bertz CT molecular complexity index is 508. The fourth-order valence-electron chi connectivity index (χ4n) is 2.35. The Morgan fingerprint density at radius 2 is 2.10 bits per heavy atom. The Hall–Kier alpha value is -1.40. The minimum atomic E-state index is -0.787. The highest BCUT2D eigenvalue weighted by molar-refractivity contribution is 7.99. The van der Waals surface area contributed by atoms with Crippen molar-refractivity contribution >= 4 is 17.7 Å². The topological polar surface area (TPSA) is 67.8 Å². The number of carbonyl (C=O) groups is 1. The molecule has 0 radical (unpaired) electrons. The molecule has 0 amide bonds. The zero-order valence-corrected chi connectivity index (χ0v) is 11.8. The van der Waals surface area contributed by atoms with E-state index in [4.69, 9.17) is 14.6 Å². The number of rotatable bonds is 2. The molecule has 2 N–H and O–H groups in total. The van der Waals surface area contributed by atoms with E-state index >= 15 is 0 Å². The number of carboxylic acids is 1. The maximum atomic E-state index is 11.1. The van der Waals surface area contributed by atoms with Crippen LogP contribution < -0.4 is 14.8 Å². The third-order valence-corrected chi connectivity index (χ3v) is 4.63. The molecule has 2 aliphatic rings. The number of carboxylic acid groups (broad SMARTS) is 1. The SMILES string of the molecule is O=C(O)C1CCSC(c2ccc3c(c2)OCCCO3)N1. The van der Waals surface area contributed by atoms with Gasteiger partial charge in [-0.3, -0.25) is 10.1 Å². The van der Waals surface area contributed by atoms with Crippen LogP contribution in [0.3, 0.4) is 0 Å². The quantitative estimate of drug-likeness (QED) is 0.870. The van der Waals surface area contributed by atoms with Crippen LogP contribution in [0, 0.1) is 0 Å². The van der Waals surface area contributed by atoms with Gasteiger partial charge in [0.15, 0.2) is 11.5 Å². The van der Waals surface area contributed by atoms with Crippen LogP contribution in [0.1, 0.15) is 23.8 Å². The Morgan fingerprint density at radius 1 is 1.30 bits per heavy atom. The van der Waals surface area contributed by atoms with Crippen molar-refractivity contribution in [2.24, 2.45) is 0 Å². The third-order valence-electron chi connectivity index (χ3n) is 3.42. The van der Waals surface area contributed by atoms with Crippen molar-refractivity contribution in [3.05, 3.63) is 23.8 Å². The normalized spacial score (nSPS) is 25.8. The van der Waals surface area contributed by atoms with Crippen molar-refractivity contribution in [2.75, 3.05) is 19.0 Å². The van der Waals surface area contributed by atoms with Gasteiger partial charge in [-0.25, -0.2) is 0 Å². The van der Waals surface area contributed by atoms with Gasteiger partial charge in [0.1, 0.15) is 6.04 Å². The van der Waals surface area contributed by atoms with Gasteiger partial charge < -0.3 is 14.6 Å². The van der Waals surface area contributed by atoms with E-state index in [1.807, 2.05) is 18.2 Å². The highest BCUT2D eigenvalue weighted by Gasteiger charge is 2.28. The number of fused-ring (bicyclic) bond motifs is 1. The second-order valence-electron chi connectivity index (χ2n) is 4.85. The highest BCUT2D eigenvalue weighted by atomic mass is 32.2. The Morgan fingerprint density at radius 3 is 2.90 bits per heavy atom. The number of benzene rings is 1. The summed E-state index contributed by atoms with van der Waals surface area (Å²) in [5.41, 5.74) is 1.03. The Kier molecular flexibility index (Phi) is 4.03. The standard InChI is InChI=1S/C14H17NO4S/c16-14(17)10-4-7-20-13(15-10)9-2-3-11-12(8-9)19-6-1-5-18-11/h2-3,8,10,13,15H,1,4-7H2,(H,16,17). The average Bonchev–Trinajstić information content (AvgIpc) is 2.71. The van der Waals surface area contributed by atoms with Crippen LogP contribution >= 0.6 is 11.8 Å². The lowest BCUT2D eigenvalue weighted by atomic mass is 10.1. The van der Waals surface area contributed by atoms with E-state index in [2.05, 4.69) is 5.32 Å². The predicted octanol–water partition coefficient (Wildman–Crippen LogP) is 2.03. The summed E-state index contributed by atoms with van der Waals surface area (Å²) in [4.78, 5) is 11.1. The van der Waals surface area contributed by atoms with Gasteiger partial charge in [-0.15, -0.1) is 11.8 Å². The molecule has 0 aromatic heterocycles. The summed E-state index contributed by atoms with van der Waals surface area (Å²) in [6, 6.07) is 5.36. The molecule has 0 spiro atoms. The zero-order chi connectivity index (χ0) is 13.9. The van der Waals surface area contributed by atoms with Crippen LogP contribution in [0.25, 0.3) is 0 Å². The Labute approximate surface area is 121 Å². The van der Waals surface area contributed by atoms with Crippen LogP contribution in [0.2, 0.25) is 0 Å². The van der Waals surface area contributed by atoms with E-state index < -0.39 is 12.0 Å². The van der Waals surface area contributed by atoms with Crippen LogP contribution in [-0.2, 0) is 4.79 Å². The summed E-state index contributed by atoms with van der Waals surface area (Å²) in [6.07, 6.45) is 1.53. The lowest BCUT2D eigenvalue weighted by Gasteiger charge is -2.28. The maximum Gasteiger partial charge on any atom is 0.320 e. The van der Waals surface area contributed by atoms with E-state index in [0.717, 1.165) is 29.2 Å². The van der Waals surface area contributed by atoms with E-state index in [0.29, 0.717) is 19.6 Å². The van der Waals surface area contributed by atoms with Crippen molar-refractivity contribution in [1.82, 2.24) is 5.32 Å². The zero-order valence-electron chi connectivity index (χ0n) is 11.0. The number of hydrogen-bond acceptors (Lipinski definition) is 5. The largest absolute Gasteiger partial charge is 0.490 e. The van der Waals surface area contributed by atoms with Crippen molar-refractivity contribution in [3.63, 3.8) is 0 Å². The van der Waals surface area contributed by atoms with Gasteiger partial charge in [0.25, 0.3) is 0 Å². The van der Waals surface area contributed by atoms with Gasteiger partial charge in [-0.2, -0.15) is 0 Å². The van der Waals surface area contributed by atoms with Gasteiger partial charge in [-0.05, 0) is 29.9 Å². The number of thioether (sulfide) groups is 1. The first kappa shape index (κ1) is 13.6. The average molecular weight is 295 g/mol. The summed E-state index contributed by atoms with van der Waals surface area (Å²) < 4.78 is 11.3. The van der Waals surface area contributed by atoms with Crippen LogP contribution in [0.15, 0.2) is 18.2 Å². The minimum Gasteiger partial charge on any atom is -0.490 e. The number of aliphatic carboxylic acids is 1. The molecule has 20 heavy (non-hydrogen) atoms. The molecule has 1 aromatic rings. The van der Waals surface area contributed by atoms with Gasteiger partial charge in [0.05, 0.1) is 18.6 Å². The fraction of sp³-hybridized carbons (Fsp3) is 0.500. The fourth-order valence-corrected chi connectivity index (χ4v) is 3.56.